The molecule has 5 rings (SSSR count). The SMILES string of the molecule is Oc1ccc2[nH]cc(C3CCN(CCCCc4nnc5ccccc5n4)CC3)c2c1. The first kappa shape index (κ1) is 19.0. The van der Waals surface area contributed by atoms with E-state index in [9.17, 15) is 5.11 Å². The van der Waals surface area contributed by atoms with Crippen molar-refractivity contribution in [2.24, 2.45) is 0 Å². The molecule has 1 saturated heterocycles. The number of aromatic hydroxyl groups is 1. The zero-order valence-electron chi connectivity index (χ0n) is 17.1. The number of hydrogen-bond acceptors (Lipinski definition) is 5. The van der Waals surface area contributed by atoms with Crippen LogP contribution in [-0.2, 0) is 6.42 Å². The third-order valence-electron chi connectivity index (χ3n) is 6.25. The second-order valence-electron chi connectivity index (χ2n) is 8.26. The van der Waals surface area contributed by atoms with E-state index in [1.807, 2.05) is 36.4 Å². The lowest BCUT2D eigenvalue weighted by Crippen LogP contribution is -2.33. The number of piperidine rings is 1. The van der Waals surface area contributed by atoms with Gasteiger partial charge in [0.25, 0.3) is 0 Å². The lowest BCUT2D eigenvalue weighted by Gasteiger charge is -2.32. The smallest absolute Gasteiger partial charge is 0.151 e. The van der Waals surface area contributed by atoms with E-state index in [0.29, 0.717) is 11.7 Å². The van der Waals surface area contributed by atoms with Gasteiger partial charge in [0.1, 0.15) is 11.3 Å². The Labute approximate surface area is 176 Å². The highest BCUT2D eigenvalue weighted by atomic mass is 16.3. The third kappa shape index (κ3) is 4.00. The molecule has 0 spiro atoms. The molecule has 0 bridgehead atoms. The quantitative estimate of drug-likeness (QED) is 0.468. The van der Waals surface area contributed by atoms with Gasteiger partial charge in [-0.2, -0.15) is 0 Å². The van der Waals surface area contributed by atoms with Gasteiger partial charge < -0.3 is 15.0 Å². The molecule has 2 aromatic heterocycles. The number of fused-ring (bicyclic) bond motifs is 2. The molecule has 154 valence electrons. The zero-order valence-corrected chi connectivity index (χ0v) is 17.1. The van der Waals surface area contributed by atoms with Crippen molar-refractivity contribution in [3.63, 3.8) is 0 Å². The van der Waals surface area contributed by atoms with E-state index in [1.165, 1.54) is 18.4 Å². The molecule has 30 heavy (non-hydrogen) atoms. The first-order chi connectivity index (χ1) is 14.8. The summed E-state index contributed by atoms with van der Waals surface area (Å²) in [5.41, 5.74) is 4.24. The largest absolute Gasteiger partial charge is 0.508 e. The molecule has 2 aromatic carbocycles. The van der Waals surface area contributed by atoms with Crippen LogP contribution in [0.5, 0.6) is 5.75 Å². The van der Waals surface area contributed by atoms with E-state index in [-0.39, 0.29) is 0 Å². The summed E-state index contributed by atoms with van der Waals surface area (Å²) in [5.74, 6) is 1.75. The van der Waals surface area contributed by atoms with Gasteiger partial charge in [-0.25, -0.2) is 4.98 Å². The Bertz CT molecular complexity index is 1150. The highest BCUT2D eigenvalue weighted by Gasteiger charge is 2.22. The van der Waals surface area contributed by atoms with Crippen LogP contribution in [0.1, 0.15) is 43.0 Å². The Morgan fingerprint density at radius 3 is 2.70 bits per heavy atom. The van der Waals surface area contributed by atoms with Gasteiger partial charge in [-0.3, -0.25) is 0 Å². The van der Waals surface area contributed by atoms with E-state index in [0.717, 1.165) is 66.7 Å². The molecule has 6 nitrogen and oxygen atoms in total. The Balaban J connectivity index is 1.10. The lowest BCUT2D eigenvalue weighted by atomic mass is 9.89. The van der Waals surface area contributed by atoms with Crippen molar-refractivity contribution in [2.75, 3.05) is 19.6 Å². The topological polar surface area (TPSA) is 77.9 Å². The summed E-state index contributed by atoms with van der Waals surface area (Å²) in [6, 6.07) is 13.5. The first-order valence-electron chi connectivity index (χ1n) is 10.9. The maximum Gasteiger partial charge on any atom is 0.151 e. The van der Waals surface area contributed by atoms with E-state index in [4.69, 9.17) is 0 Å². The fourth-order valence-corrected chi connectivity index (χ4v) is 4.58. The minimum atomic E-state index is 0.339. The van der Waals surface area contributed by atoms with Crippen molar-refractivity contribution in [2.45, 2.75) is 38.0 Å². The molecule has 0 atom stereocenters. The molecule has 1 aliphatic rings. The molecule has 0 radical (unpaired) electrons. The predicted octanol–water partition coefficient (Wildman–Crippen LogP) is 4.41. The van der Waals surface area contributed by atoms with Gasteiger partial charge in [0.2, 0.25) is 0 Å². The number of benzene rings is 2. The van der Waals surface area contributed by atoms with E-state index in [1.54, 1.807) is 6.07 Å². The van der Waals surface area contributed by atoms with Gasteiger partial charge in [-0.15, -0.1) is 10.2 Å². The number of para-hydroxylation sites is 1. The summed E-state index contributed by atoms with van der Waals surface area (Å²) in [6.45, 7) is 3.39. The van der Waals surface area contributed by atoms with Crippen molar-refractivity contribution in [1.29, 1.82) is 0 Å². The maximum atomic E-state index is 9.83. The van der Waals surface area contributed by atoms with Crippen molar-refractivity contribution < 1.29 is 5.11 Å². The third-order valence-corrected chi connectivity index (χ3v) is 6.25. The number of nitrogens with zero attached hydrogens (tertiary/aromatic N) is 4. The van der Waals surface area contributed by atoms with Gasteiger partial charge in [0.05, 0.1) is 5.52 Å². The summed E-state index contributed by atoms with van der Waals surface area (Å²) >= 11 is 0. The van der Waals surface area contributed by atoms with Crippen molar-refractivity contribution in [3.8, 4) is 5.75 Å². The Morgan fingerprint density at radius 1 is 1.00 bits per heavy atom. The normalized spacial score (nSPS) is 15.9. The summed E-state index contributed by atoms with van der Waals surface area (Å²) in [6.07, 6.45) is 7.58. The van der Waals surface area contributed by atoms with Gasteiger partial charge in [0.15, 0.2) is 5.82 Å². The van der Waals surface area contributed by atoms with E-state index < -0.39 is 0 Å². The highest BCUT2D eigenvalue weighted by Crippen LogP contribution is 2.34. The molecule has 6 heteroatoms. The van der Waals surface area contributed by atoms with E-state index in [2.05, 4.69) is 31.3 Å². The number of phenols is 1. The monoisotopic (exact) mass is 401 g/mol. The number of H-pyrrole nitrogens is 1. The molecule has 3 heterocycles. The predicted molar refractivity (Wildman–Crippen MR) is 119 cm³/mol. The van der Waals surface area contributed by atoms with Crippen LogP contribution in [-0.4, -0.2) is 49.8 Å². The summed E-state index contributed by atoms with van der Waals surface area (Å²) in [5, 5.41) is 19.5. The molecule has 0 saturated carbocycles. The van der Waals surface area contributed by atoms with Gasteiger partial charge >= 0.3 is 0 Å². The number of aromatic nitrogens is 4. The molecule has 1 aliphatic heterocycles. The fourth-order valence-electron chi connectivity index (χ4n) is 4.58. The maximum absolute atomic E-state index is 9.83. The molecule has 0 amide bonds. The Kier molecular flexibility index (Phi) is 5.32. The van der Waals surface area contributed by atoms with Crippen LogP contribution in [0.25, 0.3) is 21.9 Å². The lowest BCUT2D eigenvalue weighted by molar-refractivity contribution is 0.209. The second-order valence-corrected chi connectivity index (χ2v) is 8.26. The van der Waals surface area contributed by atoms with Gasteiger partial charge in [-0.05, 0) is 87.1 Å². The number of likely N-dealkylation sites (tertiary alicyclic amines) is 1. The fraction of sp³-hybridized carbons (Fsp3) is 0.375. The number of rotatable bonds is 6. The average Bonchev–Trinajstić information content (AvgIpc) is 3.20. The number of aromatic amines is 1. The van der Waals surface area contributed by atoms with Crippen molar-refractivity contribution in [3.05, 3.63) is 60.0 Å². The van der Waals surface area contributed by atoms with Crippen LogP contribution in [0.2, 0.25) is 0 Å². The molecule has 0 aliphatic carbocycles. The van der Waals surface area contributed by atoms with Crippen molar-refractivity contribution >= 4 is 21.9 Å². The summed E-state index contributed by atoms with van der Waals surface area (Å²) in [7, 11) is 0. The molecule has 1 fully saturated rings. The molecule has 0 unspecified atom stereocenters. The van der Waals surface area contributed by atoms with E-state index >= 15 is 0 Å². The minimum absolute atomic E-state index is 0.339. The average molecular weight is 402 g/mol. The summed E-state index contributed by atoms with van der Waals surface area (Å²) < 4.78 is 0. The van der Waals surface area contributed by atoms with Crippen LogP contribution in [0, 0.1) is 0 Å². The van der Waals surface area contributed by atoms with Crippen LogP contribution in [0.4, 0.5) is 0 Å². The van der Waals surface area contributed by atoms with Crippen LogP contribution < -0.4 is 0 Å². The number of unbranched alkanes of at least 4 members (excludes halogenated alkanes) is 1. The molecule has 2 N–H and O–H groups in total. The minimum Gasteiger partial charge on any atom is -0.508 e. The van der Waals surface area contributed by atoms with Gasteiger partial charge in [0, 0.05) is 23.5 Å². The number of phenolic OH excluding ortho intramolecular Hbond substituents is 1. The number of aryl methyl sites for hydroxylation is 1. The van der Waals surface area contributed by atoms with Crippen LogP contribution in [0.15, 0.2) is 48.7 Å². The Morgan fingerprint density at radius 2 is 1.83 bits per heavy atom. The molecular weight excluding hydrogens is 374 g/mol. The highest BCUT2D eigenvalue weighted by molar-refractivity contribution is 5.85. The molecular formula is C24H27N5O. The number of nitrogens with one attached hydrogen (secondary N) is 1. The zero-order chi connectivity index (χ0) is 20.3. The second kappa shape index (κ2) is 8.40. The van der Waals surface area contributed by atoms with Crippen molar-refractivity contribution in [1.82, 2.24) is 25.1 Å². The van der Waals surface area contributed by atoms with Crippen LogP contribution in [0.3, 0.4) is 0 Å². The first-order valence-corrected chi connectivity index (χ1v) is 10.9. The Hall–Kier alpha value is -2.99. The van der Waals surface area contributed by atoms with Gasteiger partial charge in [-0.1, -0.05) is 12.1 Å². The molecule has 4 aromatic rings. The van der Waals surface area contributed by atoms with Crippen LogP contribution >= 0.6 is 0 Å². The number of hydrogen-bond donors (Lipinski definition) is 2. The summed E-state index contributed by atoms with van der Waals surface area (Å²) in [4.78, 5) is 10.5. The standard InChI is InChI=1S/C24H27N5O/c30-18-8-9-21-19(15-18)20(16-25-21)17-10-13-29(14-11-17)12-4-3-7-24-26-22-5-1-2-6-23(22)27-28-24/h1-2,5-6,8-9,15-17,25,30H,3-4,7,10-14H2.